The minimum absolute atomic E-state index is 0.0406. The van der Waals surface area contributed by atoms with Crippen molar-refractivity contribution in [3.63, 3.8) is 0 Å². The molecule has 1 aromatic rings. The van der Waals surface area contributed by atoms with Crippen LogP contribution < -0.4 is 5.32 Å². The highest BCUT2D eigenvalue weighted by atomic mass is 35.5. The number of alkyl halides is 3. The Morgan fingerprint density at radius 3 is 2.29 bits per heavy atom. The fourth-order valence-electron chi connectivity index (χ4n) is 1.64. The van der Waals surface area contributed by atoms with E-state index < -0.39 is 12.6 Å². The summed E-state index contributed by atoms with van der Waals surface area (Å²) >= 11 is 5.74. The summed E-state index contributed by atoms with van der Waals surface area (Å²) in [5.74, 6) is 0. The van der Waals surface area contributed by atoms with Gasteiger partial charge in [0.1, 0.15) is 0 Å². The predicted molar refractivity (Wildman–Crippen MR) is 63.2 cm³/mol. The van der Waals surface area contributed by atoms with Gasteiger partial charge in [-0.25, -0.2) is 0 Å². The zero-order valence-corrected chi connectivity index (χ0v) is 10.3. The molecule has 96 valence electrons. The molecule has 1 atom stereocenters. The fraction of sp³-hybridized carbons (Fsp3) is 0.500. The van der Waals surface area contributed by atoms with Crippen molar-refractivity contribution in [2.75, 3.05) is 6.54 Å². The lowest BCUT2D eigenvalue weighted by Gasteiger charge is -2.19. The molecule has 0 radical (unpaired) electrons. The largest absolute Gasteiger partial charge is 0.389 e. The van der Waals surface area contributed by atoms with E-state index in [0.29, 0.717) is 11.6 Å². The molecule has 0 saturated heterocycles. The molecule has 0 spiro atoms. The maximum absolute atomic E-state index is 12.2. The summed E-state index contributed by atoms with van der Waals surface area (Å²) in [5, 5.41) is 3.63. The zero-order valence-electron chi connectivity index (χ0n) is 9.52. The van der Waals surface area contributed by atoms with Gasteiger partial charge >= 0.3 is 6.18 Å². The van der Waals surface area contributed by atoms with Gasteiger partial charge in [-0.3, -0.25) is 0 Å². The number of rotatable bonds is 5. The number of benzene rings is 1. The Morgan fingerprint density at radius 2 is 1.82 bits per heavy atom. The zero-order chi connectivity index (χ0) is 12.9. The van der Waals surface area contributed by atoms with Crippen LogP contribution >= 0.6 is 11.6 Å². The summed E-state index contributed by atoms with van der Waals surface area (Å²) in [5.41, 5.74) is 0.834. The molecule has 0 heterocycles. The van der Waals surface area contributed by atoms with Gasteiger partial charge in [0.05, 0.1) is 0 Å². The van der Waals surface area contributed by atoms with E-state index in [4.69, 9.17) is 11.6 Å². The van der Waals surface area contributed by atoms with E-state index in [0.717, 1.165) is 5.56 Å². The molecule has 0 aromatic heterocycles. The van der Waals surface area contributed by atoms with Gasteiger partial charge in [-0.05, 0) is 30.7 Å². The molecule has 1 aromatic carbocycles. The second kappa shape index (κ2) is 6.26. The number of halogens is 4. The molecule has 0 fully saturated rings. The molecule has 0 aliphatic rings. The van der Waals surface area contributed by atoms with Crippen molar-refractivity contribution in [3.8, 4) is 0 Å². The van der Waals surface area contributed by atoms with Gasteiger partial charge in [0.2, 0.25) is 0 Å². The van der Waals surface area contributed by atoms with E-state index in [-0.39, 0.29) is 12.5 Å². The molecular weight excluding hydrogens is 251 g/mol. The SMILES string of the molecule is CCNC(CCC(F)(F)F)c1ccc(Cl)cc1. The van der Waals surface area contributed by atoms with Crippen LogP contribution in [-0.4, -0.2) is 12.7 Å². The molecule has 0 aliphatic heterocycles. The minimum atomic E-state index is -4.11. The topological polar surface area (TPSA) is 12.0 Å². The average molecular weight is 266 g/mol. The highest BCUT2D eigenvalue weighted by molar-refractivity contribution is 6.30. The highest BCUT2D eigenvalue weighted by Gasteiger charge is 2.28. The lowest BCUT2D eigenvalue weighted by molar-refractivity contribution is -0.136. The van der Waals surface area contributed by atoms with Crippen molar-refractivity contribution in [3.05, 3.63) is 34.9 Å². The summed E-state index contributed by atoms with van der Waals surface area (Å²) in [7, 11) is 0. The monoisotopic (exact) mass is 265 g/mol. The molecular formula is C12H15ClF3N. The fourth-order valence-corrected chi connectivity index (χ4v) is 1.76. The van der Waals surface area contributed by atoms with E-state index in [1.165, 1.54) is 0 Å². The first-order chi connectivity index (χ1) is 7.92. The van der Waals surface area contributed by atoms with Crippen molar-refractivity contribution in [1.82, 2.24) is 5.32 Å². The van der Waals surface area contributed by atoms with Gasteiger partial charge < -0.3 is 5.32 Å². The third-order valence-corrected chi connectivity index (χ3v) is 2.69. The van der Waals surface area contributed by atoms with Gasteiger partial charge in [-0.1, -0.05) is 30.7 Å². The van der Waals surface area contributed by atoms with Crippen molar-refractivity contribution >= 4 is 11.6 Å². The maximum atomic E-state index is 12.2. The van der Waals surface area contributed by atoms with E-state index in [9.17, 15) is 13.2 Å². The smallest absolute Gasteiger partial charge is 0.310 e. The van der Waals surface area contributed by atoms with Crippen LogP contribution in [0, 0.1) is 0 Å². The number of nitrogens with one attached hydrogen (secondary N) is 1. The van der Waals surface area contributed by atoms with Gasteiger partial charge in [0, 0.05) is 17.5 Å². The Bertz CT molecular complexity index is 335. The van der Waals surface area contributed by atoms with Crippen molar-refractivity contribution in [1.29, 1.82) is 0 Å². The molecule has 1 N–H and O–H groups in total. The number of hydrogen-bond acceptors (Lipinski definition) is 1. The second-order valence-corrected chi connectivity index (χ2v) is 4.25. The summed E-state index contributed by atoms with van der Waals surface area (Å²) in [6.07, 6.45) is -4.85. The molecule has 1 nitrogen and oxygen atoms in total. The summed E-state index contributed by atoms with van der Waals surface area (Å²) < 4.78 is 36.6. The Balaban J connectivity index is 2.68. The Morgan fingerprint density at radius 1 is 1.24 bits per heavy atom. The van der Waals surface area contributed by atoms with Gasteiger partial charge in [0.25, 0.3) is 0 Å². The van der Waals surface area contributed by atoms with Crippen molar-refractivity contribution < 1.29 is 13.2 Å². The van der Waals surface area contributed by atoms with Crippen LogP contribution in [0.2, 0.25) is 5.02 Å². The number of hydrogen-bond donors (Lipinski definition) is 1. The van der Waals surface area contributed by atoms with E-state index >= 15 is 0 Å². The van der Waals surface area contributed by atoms with Crippen molar-refractivity contribution in [2.45, 2.75) is 32.0 Å². The van der Waals surface area contributed by atoms with Crippen molar-refractivity contribution in [2.24, 2.45) is 0 Å². The molecule has 17 heavy (non-hydrogen) atoms. The van der Waals surface area contributed by atoms with E-state index in [1.807, 2.05) is 6.92 Å². The minimum Gasteiger partial charge on any atom is -0.310 e. The van der Waals surface area contributed by atoms with Crippen LogP contribution in [0.4, 0.5) is 13.2 Å². The molecule has 0 bridgehead atoms. The predicted octanol–water partition coefficient (Wildman–Crippen LogP) is 4.33. The molecule has 1 unspecified atom stereocenters. The first-order valence-electron chi connectivity index (χ1n) is 5.48. The van der Waals surface area contributed by atoms with Gasteiger partial charge in [0.15, 0.2) is 0 Å². The van der Waals surface area contributed by atoms with Crippen LogP contribution in [0.15, 0.2) is 24.3 Å². The summed E-state index contributed by atoms with van der Waals surface area (Å²) in [4.78, 5) is 0. The van der Waals surface area contributed by atoms with E-state index in [1.54, 1.807) is 24.3 Å². The third-order valence-electron chi connectivity index (χ3n) is 2.44. The summed E-state index contributed by atoms with van der Waals surface area (Å²) in [6.45, 7) is 2.50. The van der Waals surface area contributed by atoms with Gasteiger partial charge in [-0.2, -0.15) is 13.2 Å². The quantitative estimate of drug-likeness (QED) is 0.835. The molecule has 0 amide bonds. The average Bonchev–Trinajstić information content (AvgIpc) is 2.24. The maximum Gasteiger partial charge on any atom is 0.389 e. The molecule has 1 rings (SSSR count). The standard InChI is InChI=1S/C12H15ClF3N/c1-2-17-11(7-8-12(14,15)16)9-3-5-10(13)6-4-9/h3-6,11,17H,2,7-8H2,1H3. The molecule has 0 saturated carbocycles. The Labute approximate surface area is 104 Å². The molecule has 0 aliphatic carbocycles. The van der Waals surface area contributed by atoms with E-state index in [2.05, 4.69) is 5.32 Å². The molecule has 5 heteroatoms. The highest BCUT2D eigenvalue weighted by Crippen LogP contribution is 2.28. The second-order valence-electron chi connectivity index (χ2n) is 3.82. The van der Waals surface area contributed by atoms with Crippen LogP contribution in [0.3, 0.4) is 0 Å². The lowest BCUT2D eigenvalue weighted by Crippen LogP contribution is -2.23. The summed E-state index contributed by atoms with van der Waals surface area (Å²) in [6, 6.07) is 6.61. The van der Waals surface area contributed by atoms with Gasteiger partial charge in [-0.15, -0.1) is 0 Å². The first kappa shape index (κ1) is 14.3. The Kier molecular flexibility index (Phi) is 5.28. The lowest BCUT2D eigenvalue weighted by atomic mass is 10.0. The van der Waals surface area contributed by atoms with Crippen LogP contribution in [0.5, 0.6) is 0 Å². The van der Waals surface area contributed by atoms with Crippen LogP contribution in [0.25, 0.3) is 0 Å². The normalized spacial score (nSPS) is 13.7. The first-order valence-corrected chi connectivity index (χ1v) is 5.86. The van der Waals surface area contributed by atoms with Crippen LogP contribution in [0.1, 0.15) is 31.4 Å². The third kappa shape index (κ3) is 5.41. The Hall–Kier alpha value is -0.740. The van der Waals surface area contributed by atoms with Crippen LogP contribution in [-0.2, 0) is 0 Å².